The maximum atomic E-state index is 12.4. The number of ether oxygens (including phenoxy) is 2. The van der Waals surface area contributed by atoms with Crippen molar-refractivity contribution in [2.75, 3.05) is 14.2 Å². The first-order chi connectivity index (χ1) is 10.2. The van der Waals surface area contributed by atoms with Crippen LogP contribution >= 0.6 is 0 Å². The summed E-state index contributed by atoms with van der Waals surface area (Å²) in [6.45, 7) is 7.77. The molecule has 22 heavy (non-hydrogen) atoms. The summed E-state index contributed by atoms with van der Waals surface area (Å²) in [6.07, 6.45) is 3.48. The van der Waals surface area contributed by atoms with Crippen LogP contribution in [0.5, 0.6) is 0 Å². The molecule has 0 unspecified atom stereocenters. The molecule has 0 saturated heterocycles. The molecule has 0 N–H and O–H groups in total. The Morgan fingerprint density at radius 3 is 2.09 bits per heavy atom. The van der Waals surface area contributed by atoms with Crippen LogP contribution in [0.1, 0.15) is 13.8 Å². The molecule has 0 aromatic carbocycles. The maximum absolute atomic E-state index is 12.4. The highest BCUT2D eigenvalue weighted by atomic mass is 28.3. The van der Waals surface area contributed by atoms with Crippen molar-refractivity contribution in [2.45, 2.75) is 44.6 Å². The number of methoxy groups -OCH3 is 2. The van der Waals surface area contributed by atoms with Crippen molar-refractivity contribution < 1.29 is 23.9 Å². The molecule has 0 saturated carbocycles. The van der Waals surface area contributed by atoms with E-state index >= 15 is 0 Å². The summed E-state index contributed by atoms with van der Waals surface area (Å²) in [5, 5.41) is 0. The van der Waals surface area contributed by atoms with Crippen LogP contribution in [-0.2, 0) is 23.9 Å². The summed E-state index contributed by atoms with van der Waals surface area (Å²) >= 11 is 0. The van der Waals surface area contributed by atoms with Gasteiger partial charge in [-0.2, -0.15) is 0 Å². The number of esters is 2. The minimum Gasteiger partial charge on any atom is -0.469 e. The van der Waals surface area contributed by atoms with Crippen LogP contribution in [0.4, 0.5) is 0 Å². The summed E-state index contributed by atoms with van der Waals surface area (Å²) in [6, 6.07) is -0.0213. The normalized spacial score (nSPS) is 24.8. The van der Waals surface area contributed by atoms with E-state index < -0.39 is 32.0 Å². The van der Waals surface area contributed by atoms with Crippen LogP contribution in [0.2, 0.25) is 24.7 Å². The van der Waals surface area contributed by atoms with Gasteiger partial charge < -0.3 is 14.4 Å². The molecule has 6 nitrogen and oxygen atoms in total. The molecule has 0 bridgehead atoms. The molecular formula is C15H25NO5Si. The molecule has 1 aliphatic heterocycles. The lowest BCUT2D eigenvalue weighted by molar-refractivity contribution is -0.161. The van der Waals surface area contributed by atoms with E-state index in [0.29, 0.717) is 0 Å². The molecule has 0 aliphatic carbocycles. The number of carbonyl (C=O) groups is 3. The van der Waals surface area contributed by atoms with E-state index in [4.69, 9.17) is 9.47 Å². The monoisotopic (exact) mass is 327 g/mol. The number of nitrogens with zero attached hydrogens (tertiary/aromatic N) is 1. The van der Waals surface area contributed by atoms with Crippen LogP contribution in [0.3, 0.4) is 0 Å². The zero-order chi connectivity index (χ0) is 17.1. The van der Waals surface area contributed by atoms with Crippen molar-refractivity contribution >= 4 is 25.9 Å². The fourth-order valence-corrected chi connectivity index (χ4v) is 5.21. The van der Waals surface area contributed by atoms with Gasteiger partial charge in [-0.3, -0.25) is 9.59 Å². The molecule has 1 heterocycles. The zero-order valence-electron chi connectivity index (χ0n) is 14.1. The van der Waals surface area contributed by atoms with Crippen molar-refractivity contribution in [3.63, 3.8) is 0 Å². The van der Waals surface area contributed by atoms with Crippen LogP contribution in [0.25, 0.3) is 0 Å². The SMILES string of the molecule is CC[Si](C)(C)[C@H]1C=CN(C(C)=O)[C@H](C(=O)OC)[C@@H]1C(=O)OC. The number of allylic oxidation sites excluding steroid dienone is 1. The van der Waals surface area contributed by atoms with Gasteiger partial charge in [-0.05, 0) is 5.54 Å². The van der Waals surface area contributed by atoms with Gasteiger partial charge in [0.1, 0.15) is 6.04 Å². The van der Waals surface area contributed by atoms with Gasteiger partial charge in [0.05, 0.1) is 28.2 Å². The quantitative estimate of drug-likeness (QED) is 0.581. The second-order valence-electron chi connectivity index (χ2n) is 6.15. The number of hydrogen-bond acceptors (Lipinski definition) is 5. The minimum atomic E-state index is -1.82. The van der Waals surface area contributed by atoms with Gasteiger partial charge in [0.15, 0.2) is 0 Å². The van der Waals surface area contributed by atoms with Crippen molar-refractivity contribution in [2.24, 2.45) is 5.92 Å². The number of rotatable bonds is 4. The lowest BCUT2D eigenvalue weighted by Crippen LogP contribution is -2.56. The molecule has 7 heteroatoms. The first kappa shape index (κ1) is 18.4. The average molecular weight is 327 g/mol. The van der Waals surface area contributed by atoms with Gasteiger partial charge >= 0.3 is 11.9 Å². The van der Waals surface area contributed by atoms with Crippen molar-refractivity contribution in [1.82, 2.24) is 4.90 Å². The van der Waals surface area contributed by atoms with E-state index in [9.17, 15) is 14.4 Å². The fraction of sp³-hybridized carbons (Fsp3) is 0.667. The second-order valence-corrected chi connectivity index (χ2v) is 11.5. The zero-order valence-corrected chi connectivity index (χ0v) is 15.1. The predicted molar refractivity (Wildman–Crippen MR) is 84.7 cm³/mol. The Kier molecular flexibility index (Phi) is 5.93. The number of carbonyl (C=O) groups excluding carboxylic acids is 3. The highest BCUT2D eigenvalue weighted by molar-refractivity contribution is 6.79. The van der Waals surface area contributed by atoms with Crippen LogP contribution < -0.4 is 0 Å². The molecule has 1 rings (SSSR count). The summed E-state index contributed by atoms with van der Waals surface area (Å²) in [5.41, 5.74) is -0.0929. The molecule has 3 atom stereocenters. The van der Waals surface area contributed by atoms with Crippen LogP contribution in [0.15, 0.2) is 12.3 Å². The van der Waals surface area contributed by atoms with Gasteiger partial charge in [0.2, 0.25) is 5.91 Å². The summed E-state index contributed by atoms with van der Waals surface area (Å²) < 4.78 is 9.75. The van der Waals surface area contributed by atoms with Gasteiger partial charge in [-0.1, -0.05) is 32.1 Å². The fourth-order valence-electron chi connectivity index (χ4n) is 2.84. The van der Waals surface area contributed by atoms with E-state index in [1.165, 1.54) is 26.0 Å². The Bertz CT molecular complexity index is 488. The third kappa shape index (κ3) is 3.40. The lowest BCUT2D eigenvalue weighted by Gasteiger charge is -2.43. The molecule has 1 amide bonds. The van der Waals surface area contributed by atoms with Crippen LogP contribution in [0, 0.1) is 5.92 Å². The van der Waals surface area contributed by atoms with E-state index in [0.717, 1.165) is 6.04 Å². The van der Waals surface area contributed by atoms with Gasteiger partial charge in [-0.15, -0.1) is 0 Å². The molecule has 0 spiro atoms. The first-order valence-electron chi connectivity index (χ1n) is 7.34. The van der Waals surface area contributed by atoms with E-state index in [2.05, 4.69) is 20.0 Å². The Balaban J connectivity index is 3.43. The second kappa shape index (κ2) is 7.08. The van der Waals surface area contributed by atoms with Crippen molar-refractivity contribution in [3.05, 3.63) is 12.3 Å². The lowest BCUT2D eigenvalue weighted by atomic mass is 9.91. The van der Waals surface area contributed by atoms with Gasteiger partial charge in [0, 0.05) is 13.1 Å². The van der Waals surface area contributed by atoms with E-state index in [1.807, 2.05) is 6.08 Å². The minimum absolute atomic E-state index is 0.0929. The third-order valence-electron chi connectivity index (χ3n) is 4.57. The summed E-state index contributed by atoms with van der Waals surface area (Å²) in [4.78, 5) is 37.7. The highest BCUT2D eigenvalue weighted by Crippen LogP contribution is 2.41. The summed E-state index contributed by atoms with van der Waals surface area (Å²) in [7, 11) is 0.734. The number of hydrogen-bond donors (Lipinski definition) is 0. The predicted octanol–water partition coefficient (Wildman–Crippen LogP) is 1.79. The Labute approximate surface area is 132 Å². The third-order valence-corrected chi connectivity index (χ3v) is 8.75. The van der Waals surface area contributed by atoms with Crippen LogP contribution in [-0.4, -0.2) is 51.1 Å². The maximum Gasteiger partial charge on any atom is 0.329 e. The topological polar surface area (TPSA) is 72.9 Å². The summed E-state index contributed by atoms with van der Waals surface area (Å²) in [5.74, 6) is -2.12. The molecule has 0 fully saturated rings. The van der Waals surface area contributed by atoms with E-state index in [1.54, 1.807) is 6.20 Å². The molecule has 124 valence electrons. The van der Waals surface area contributed by atoms with Crippen molar-refractivity contribution in [3.8, 4) is 0 Å². The van der Waals surface area contributed by atoms with E-state index in [-0.39, 0.29) is 11.4 Å². The highest BCUT2D eigenvalue weighted by Gasteiger charge is 2.50. The Hall–Kier alpha value is -1.63. The molecule has 0 radical (unpaired) electrons. The van der Waals surface area contributed by atoms with Gasteiger partial charge in [0.25, 0.3) is 0 Å². The number of amides is 1. The average Bonchev–Trinajstić information content (AvgIpc) is 2.51. The Morgan fingerprint density at radius 2 is 1.68 bits per heavy atom. The molecular weight excluding hydrogens is 302 g/mol. The molecule has 0 aromatic heterocycles. The first-order valence-corrected chi connectivity index (χ1v) is 10.6. The smallest absolute Gasteiger partial charge is 0.329 e. The molecule has 1 aliphatic rings. The Morgan fingerprint density at radius 1 is 1.14 bits per heavy atom. The largest absolute Gasteiger partial charge is 0.469 e. The molecule has 0 aromatic rings. The van der Waals surface area contributed by atoms with Crippen molar-refractivity contribution in [1.29, 1.82) is 0 Å². The standard InChI is InChI=1S/C15H25NO5Si/c1-7-22(5,6)11-8-9-16(10(2)17)13(15(19)21-4)12(11)14(18)20-3/h8-9,11-13H,7H2,1-6H3/t11-,12+,13-/m0/s1. The van der Waals surface area contributed by atoms with Gasteiger partial charge in [-0.25, -0.2) is 4.79 Å².